The minimum absolute atomic E-state index is 0.0845. The largest absolute Gasteiger partial charge is 0.491 e. The van der Waals surface area contributed by atoms with E-state index in [2.05, 4.69) is 5.32 Å². The summed E-state index contributed by atoms with van der Waals surface area (Å²) in [6.45, 7) is 2.80. The van der Waals surface area contributed by atoms with E-state index in [1.807, 2.05) is 6.92 Å². The van der Waals surface area contributed by atoms with Gasteiger partial charge in [0.2, 0.25) is 0 Å². The van der Waals surface area contributed by atoms with Gasteiger partial charge >= 0.3 is 0 Å². The standard InChI is InChI=1S/C12H18FNO2/c1-9(14-2)12-10(13)5-4-6-11(12)16-8-7-15-3/h4-6,9,14H,7-8H2,1-3H3. The summed E-state index contributed by atoms with van der Waals surface area (Å²) in [4.78, 5) is 0. The van der Waals surface area contributed by atoms with E-state index in [9.17, 15) is 4.39 Å². The quantitative estimate of drug-likeness (QED) is 0.755. The van der Waals surface area contributed by atoms with Gasteiger partial charge in [-0.25, -0.2) is 4.39 Å². The van der Waals surface area contributed by atoms with E-state index in [1.165, 1.54) is 6.07 Å². The molecule has 1 unspecified atom stereocenters. The van der Waals surface area contributed by atoms with E-state index in [0.717, 1.165) is 0 Å². The first-order chi connectivity index (χ1) is 7.70. The Morgan fingerprint density at radius 2 is 2.12 bits per heavy atom. The molecule has 0 bridgehead atoms. The van der Waals surface area contributed by atoms with Crippen LogP contribution in [0.5, 0.6) is 5.75 Å². The number of rotatable bonds is 6. The minimum atomic E-state index is -0.253. The molecule has 1 atom stereocenters. The second kappa shape index (κ2) is 6.45. The Morgan fingerprint density at radius 3 is 2.75 bits per heavy atom. The summed E-state index contributed by atoms with van der Waals surface area (Å²) < 4.78 is 24.0. The lowest BCUT2D eigenvalue weighted by Crippen LogP contribution is -2.16. The van der Waals surface area contributed by atoms with Crippen molar-refractivity contribution in [3.05, 3.63) is 29.6 Å². The van der Waals surface area contributed by atoms with Crippen molar-refractivity contribution in [2.24, 2.45) is 0 Å². The molecular weight excluding hydrogens is 209 g/mol. The van der Waals surface area contributed by atoms with Crippen molar-refractivity contribution >= 4 is 0 Å². The lowest BCUT2D eigenvalue weighted by atomic mass is 10.1. The predicted octanol–water partition coefficient (Wildman–Crippen LogP) is 2.13. The summed E-state index contributed by atoms with van der Waals surface area (Å²) in [5.74, 6) is 0.315. The number of methoxy groups -OCH3 is 1. The molecule has 1 aromatic carbocycles. The maximum atomic E-state index is 13.6. The number of nitrogens with one attached hydrogen (secondary N) is 1. The molecule has 4 heteroatoms. The molecule has 1 aromatic rings. The van der Waals surface area contributed by atoms with Gasteiger partial charge in [-0.1, -0.05) is 6.07 Å². The molecule has 0 heterocycles. The van der Waals surface area contributed by atoms with Crippen LogP contribution in [0.2, 0.25) is 0 Å². The Bertz CT molecular complexity index is 331. The van der Waals surface area contributed by atoms with Crippen LogP contribution in [-0.4, -0.2) is 27.4 Å². The molecule has 16 heavy (non-hydrogen) atoms. The highest BCUT2D eigenvalue weighted by atomic mass is 19.1. The average Bonchev–Trinajstić information content (AvgIpc) is 2.29. The maximum absolute atomic E-state index is 13.6. The third-order valence-corrected chi connectivity index (χ3v) is 2.42. The minimum Gasteiger partial charge on any atom is -0.491 e. The maximum Gasteiger partial charge on any atom is 0.131 e. The number of benzene rings is 1. The van der Waals surface area contributed by atoms with Crippen molar-refractivity contribution in [1.82, 2.24) is 5.32 Å². The molecule has 0 aliphatic heterocycles. The van der Waals surface area contributed by atoms with Crippen LogP contribution in [0, 0.1) is 5.82 Å². The first kappa shape index (κ1) is 12.9. The highest BCUT2D eigenvalue weighted by Crippen LogP contribution is 2.27. The average molecular weight is 227 g/mol. The fourth-order valence-electron chi connectivity index (χ4n) is 1.44. The Labute approximate surface area is 95.6 Å². The number of hydrogen-bond acceptors (Lipinski definition) is 3. The summed E-state index contributed by atoms with van der Waals surface area (Å²) in [6.07, 6.45) is 0. The molecule has 0 amide bonds. The Hall–Kier alpha value is -1.13. The van der Waals surface area contributed by atoms with E-state index in [4.69, 9.17) is 9.47 Å². The summed E-state index contributed by atoms with van der Waals surface area (Å²) in [7, 11) is 3.39. The van der Waals surface area contributed by atoms with Gasteiger partial charge in [-0.05, 0) is 26.1 Å². The Morgan fingerprint density at radius 1 is 1.38 bits per heavy atom. The van der Waals surface area contributed by atoms with Gasteiger partial charge in [0.05, 0.1) is 6.61 Å². The van der Waals surface area contributed by atoms with Crippen LogP contribution in [-0.2, 0) is 4.74 Å². The third kappa shape index (κ3) is 3.18. The summed E-state index contributed by atoms with van der Waals surface area (Å²) in [6, 6.07) is 4.76. The normalized spacial score (nSPS) is 12.5. The first-order valence-corrected chi connectivity index (χ1v) is 5.28. The van der Waals surface area contributed by atoms with Gasteiger partial charge in [-0.15, -0.1) is 0 Å². The number of hydrogen-bond donors (Lipinski definition) is 1. The van der Waals surface area contributed by atoms with Crippen molar-refractivity contribution in [2.75, 3.05) is 27.4 Å². The summed E-state index contributed by atoms with van der Waals surface area (Å²) >= 11 is 0. The second-order valence-electron chi connectivity index (χ2n) is 3.50. The monoisotopic (exact) mass is 227 g/mol. The summed E-state index contributed by atoms with van der Waals surface area (Å²) in [5.41, 5.74) is 0.557. The van der Waals surface area contributed by atoms with Gasteiger partial charge in [-0.3, -0.25) is 0 Å². The van der Waals surface area contributed by atoms with Crippen molar-refractivity contribution < 1.29 is 13.9 Å². The second-order valence-corrected chi connectivity index (χ2v) is 3.50. The third-order valence-electron chi connectivity index (χ3n) is 2.42. The zero-order valence-corrected chi connectivity index (χ0v) is 9.92. The molecule has 0 aliphatic carbocycles. The highest BCUT2D eigenvalue weighted by molar-refractivity contribution is 5.36. The van der Waals surface area contributed by atoms with E-state index in [0.29, 0.717) is 24.5 Å². The topological polar surface area (TPSA) is 30.5 Å². The van der Waals surface area contributed by atoms with Gasteiger partial charge in [0, 0.05) is 18.7 Å². The van der Waals surface area contributed by atoms with Crippen molar-refractivity contribution in [1.29, 1.82) is 0 Å². The van der Waals surface area contributed by atoms with Crippen LogP contribution in [0.4, 0.5) is 4.39 Å². The lowest BCUT2D eigenvalue weighted by molar-refractivity contribution is 0.145. The van der Waals surface area contributed by atoms with Gasteiger partial charge in [0.25, 0.3) is 0 Å². The fraction of sp³-hybridized carbons (Fsp3) is 0.500. The molecule has 0 saturated carbocycles. The lowest BCUT2D eigenvalue weighted by Gasteiger charge is -2.17. The smallest absolute Gasteiger partial charge is 0.131 e. The molecule has 0 aromatic heterocycles. The number of halogens is 1. The van der Waals surface area contributed by atoms with E-state index < -0.39 is 0 Å². The van der Waals surface area contributed by atoms with Crippen LogP contribution >= 0.6 is 0 Å². The van der Waals surface area contributed by atoms with E-state index in [-0.39, 0.29) is 11.9 Å². The van der Waals surface area contributed by atoms with Gasteiger partial charge < -0.3 is 14.8 Å². The van der Waals surface area contributed by atoms with E-state index in [1.54, 1.807) is 26.3 Å². The van der Waals surface area contributed by atoms with Crippen LogP contribution < -0.4 is 10.1 Å². The molecule has 1 rings (SSSR count). The first-order valence-electron chi connectivity index (χ1n) is 5.28. The zero-order valence-electron chi connectivity index (χ0n) is 9.92. The van der Waals surface area contributed by atoms with Crippen molar-refractivity contribution in [3.8, 4) is 5.75 Å². The summed E-state index contributed by atoms with van der Waals surface area (Å²) in [5, 5.41) is 3.00. The molecule has 0 saturated heterocycles. The molecule has 90 valence electrons. The van der Waals surface area contributed by atoms with Crippen LogP contribution in [0.3, 0.4) is 0 Å². The highest BCUT2D eigenvalue weighted by Gasteiger charge is 2.14. The molecule has 3 nitrogen and oxygen atoms in total. The molecule has 1 N–H and O–H groups in total. The van der Waals surface area contributed by atoms with Gasteiger partial charge in [0.1, 0.15) is 18.2 Å². The van der Waals surface area contributed by atoms with Crippen molar-refractivity contribution in [3.63, 3.8) is 0 Å². The molecular formula is C12H18FNO2. The van der Waals surface area contributed by atoms with Crippen molar-refractivity contribution in [2.45, 2.75) is 13.0 Å². The Balaban J connectivity index is 2.85. The van der Waals surface area contributed by atoms with Gasteiger partial charge in [-0.2, -0.15) is 0 Å². The zero-order chi connectivity index (χ0) is 12.0. The predicted molar refractivity (Wildman–Crippen MR) is 61.2 cm³/mol. The molecule has 0 aliphatic rings. The Kier molecular flexibility index (Phi) is 5.22. The van der Waals surface area contributed by atoms with E-state index >= 15 is 0 Å². The fourth-order valence-corrected chi connectivity index (χ4v) is 1.44. The van der Waals surface area contributed by atoms with Crippen LogP contribution in [0.25, 0.3) is 0 Å². The van der Waals surface area contributed by atoms with Gasteiger partial charge in [0.15, 0.2) is 0 Å². The molecule has 0 spiro atoms. The van der Waals surface area contributed by atoms with Crippen LogP contribution in [0.15, 0.2) is 18.2 Å². The SMILES string of the molecule is CNC(C)c1c(F)cccc1OCCOC. The van der Waals surface area contributed by atoms with Crippen LogP contribution in [0.1, 0.15) is 18.5 Å². The molecule has 0 radical (unpaired) electrons. The number of ether oxygens (including phenoxy) is 2. The molecule has 0 fully saturated rings.